The Hall–Kier alpha value is -0.880. The Kier molecular flexibility index (Phi) is 4.49. The number of pyridine rings is 1. The molecule has 0 aliphatic rings. The summed E-state index contributed by atoms with van der Waals surface area (Å²) >= 11 is 1.37. The Balaban J connectivity index is 2.53. The lowest BCUT2D eigenvalue weighted by atomic mass is 10.2. The molecule has 0 amide bonds. The van der Waals surface area contributed by atoms with E-state index in [0.29, 0.717) is 11.3 Å². The molecule has 16 heavy (non-hydrogen) atoms. The molecule has 4 nitrogen and oxygen atoms in total. The summed E-state index contributed by atoms with van der Waals surface area (Å²) in [4.78, 5) is 15.0. The monoisotopic (exact) mass is 259 g/mol. The lowest BCUT2D eigenvalue weighted by Crippen LogP contribution is -2.05. The van der Waals surface area contributed by atoms with Gasteiger partial charge in [-0.25, -0.2) is 13.4 Å². The zero-order valence-electron chi connectivity index (χ0n) is 9.13. The number of hydrogen-bond donors (Lipinski definition) is 0. The normalized spacial score (nSPS) is 11.4. The molecule has 0 atom stereocenters. The van der Waals surface area contributed by atoms with E-state index in [-0.39, 0.29) is 11.5 Å². The lowest BCUT2D eigenvalue weighted by molar-refractivity contribution is 0.101. The van der Waals surface area contributed by atoms with Crippen LogP contribution in [0, 0.1) is 0 Å². The van der Waals surface area contributed by atoms with Crippen molar-refractivity contribution >= 4 is 27.4 Å². The van der Waals surface area contributed by atoms with Crippen molar-refractivity contribution in [1.82, 2.24) is 4.98 Å². The highest BCUT2D eigenvalue weighted by Gasteiger charge is 2.04. The van der Waals surface area contributed by atoms with Gasteiger partial charge >= 0.3 is 0 Å². The minimum Gasteiger partial charge on any atom is -0.294 e. The summed E-state index contributed by atoms with van der Waals surface area (Å²) in [6.45, 7) is 1.48. The SMILES string of the molecule is CC(=O)c1ccc(SCCS(C)(=O)=O)nc1. The van der Waals surface area contributed by atoms with Crippen LogP contribution in [0.25, 0.3) is 0 Å². The van der Waals surface area contributed by atoms with Crippen LogP contribution in [0.15, 0.2) is 23.4 Å². The lowest BCUT2D eigenvalue weighted by Gasteiger charge is -2.00. The molecule has 0 spiro atoms. The largest absolute Gasteiger partial charge is 0.294 e. The van der Waals surface area contributed by atoms with Crippen LogP contribution in [0.1, 0.15) is 17.3 Å². The Morgan fingerprint density at radius 3 is 2.56 bits per heavy atom. The van der Waals surface area contributed by atoms with E-state index in [9.17, 15) is 13.2 Å². The topological polar surface area (TPSA) is 64.1 Å². The molecule has 1 rings (SSSR count). The molecule has 0 N–H and O–H groups in total. The van der Waals surface area contributed by atoms with Crippen molar-refractivity contribution < 1.29 is 13.2 Å². The van der Waals surface area contributed by atoms with Crippen LogP contribution in [-0.4, -0.2) is 36.9 Å². The molecule has 88 valence electrons. The quantitative estimate of drug-likeness (QED) is 0.591. The number of thioether (sulfide) groups is 1. The summed E-state index contributed by atoms with van der Waals surface area (Å²) < 4.78 is 21.8. The molecule has 0 fully saturated rings. The van der Waals surface area contributed by atoms with Crippen molar-refractivity contribution in [3.05, 3.63) is 23.9 Å². The van der Waals surface area contributed by atoms with Crippen molar-refractivity contribution in [1.29, 1.82) is 0 Å². The van der Waals surface area contributed by atoms with Gasteiger partial charge in [-0.1, -0.05) is 0 Å². The van der Waals surface area contributed by atoms with Crippen molar-refractivity contribution in [3.63, 3.8) is 0 Å². The van der Waals surface area contributed by atoms with Gasteiger partial charge in [0, 0.05) is 23.8 Å². The molecule has 0 aliphatic heterocycles. The van der Waals surface area contributed by atoms with E-state index in [4.69, 9.17) is 0 Å². The van der Waals surface area contributed by atoms with Crippen LogP contribution >= 0.6 is 11.8 Å². The number of ketones is 1. The first kappa shape index (κ1) is 13.2. The average Bonchev–Trinajstić information content (AvgIpc) is 2.16. The van der Waals surface area contributed by atoms with Gasteiger partial charge < -0.3 is 0 Å². The van der Waals surface area contributed by atoms with Gasteiger partial charge in [-0.05, 0) is 19.1 Å². The van der Waals surface area contributed by atoms with Gasteiger partial charge in [-0.15, -0.1) is 11.8 Å². The van der Waals surface area contributed by atoms with E-state index < -0.39 is 9.84 Å². The number of nitrogens with zero attached hydrogens (tertiary/aromatic N) is 1. The number of sulfone groups is 1. The van der Waals surface area contributed by atoms with Crippen LogP contribution < -0.4 is 0 Å². The molecule has 0 bridgehead atoms. The zero-order chi connectivity index (χ0) is 12.2. The predicted molar refractivity (Wildman–Crippen MR) is 64.7 cm³/mol. The molecule has 0 radical (unpaired) electrons. The maximum Gasteiger partial charge on any atom is 0.161 e. The van der Waals surface area contributed by atoms with Gasteiger partial charge in [-0.2, -0.15) is 0 Å². The first-order chi connectivity index (χ1) is 7.38. The van der Waals surface area contributed by atoms with E-state index in [0.717, 1.165) is 5.03 Å². The van der Waals surface area contributed by atoms with Gasteiger partial charge in [0.1, 0.15) is 9.84 Å². The molecule has 0 aliphatic carbocycles. The van der Waals surface area contributed by atoms with E-state index in [1.165, 1.54) is 31.1 Å². The minimum absolute atomic E-state index is 0.0276. The van der Waals surface area contributed by atoms with Crippen LogP contribution in [-0.2, 0) is 9.84 Å². The van der Waals surface area contributed by atoms with Gasteiger partial charge in [-0.3, -0.25) is 4.79 Å². The van der Waals surface area contributed by atoms with Crippen LogP contribution in [0.4, 0.5) is 0 Å². The standard InChI is InChI=1S/C10H13NO3S2/c1-8(12)9-3-4-10(11-7-9)15-5-6-16(2,13)14/h3-4,7H,5-6H2,1-2H3. The number of rotatable bonds is 5. The van der Waals surface area contributed by atoms with Crippen molar-refractivity contribution in [3.8, 4) is 0 Å². The highest BCUT2D eigenvalue weighted by Crippen LogP contribution is 2.15. The molecule has 1 aromatic heterocycles. The second kappa shape index (κ2) is 5.45. The third-order valence-corrected chi connectivity index (χ3v) is 4.00. The number of carbonyl (C=O) groups excluding carboxylic acids is 1. The first-order valence-electron chi connectivity index (χ1n) is 4.66. The van der Waals surface area contributed by atoms with E-state index >= 15 is 0 Å². The van der Waals surface area contributed by atoms with E-state index in [1.54, 1.807) is 12.1 Å². The molecule has 0 saturated heterocycles. The minimum atomic E-state index is -2.92. The number of aromatic nitrogens is 1. The summed E-state index contributed by atoms with van der Waals surface area (Å²) in [5, 5.41) is 0.730. The van der Waals surface area contributed by atoms with Gasteiger partial charge in [0.2, 0.25) is 0 Å². The molecular weight excluding hydrogens is 246 g/mol. The fraction of sp³-hybridized carbons (Fsp3) is 0.400. The zero-order valence-corrected chi connectivity index (χ0v) is 10.8. The first-order valence-corrected chi connectivity index (χ1v) is 7.70. The second-order valence-electron chi connectivity index (χ2n) is 3.42. The van der Waals surface area contributed by atoms with Crippen LogP contribution in [0.3, 0.4) is 0 Å². The third kappa shape index (κ3) is 4.76. The third-order valence-electron chi connectivity index (χ3n) is 1.85. The van der Waals surface area contributed by atoms with Crippen molar-refractivity contribution in [2.75, 3.05) is 17.8 Å². The Morgan fingerprint density at radius 2 is 2.12 bits per heavy atom. The number of carbonyl (C=O) groups is 1. The fourth-order valence-corrected chi connectivity index (χ4v) is 3.02. The Morgan fingerprint density at radius 1 is 1.44 bits per heavy atom. The van der Waals surface area contributed by atoms with Gasteiger partial charge in [0.15, 0.2) is 5.78 Å². The Bertz CT molecular complexity index is 465. The predicted octanol–water partition coefficient (Wildman–Crippen LogP) is 1.42. The van der Waals surface area contributed by atoms with Crippen LogP contribution in [0.2, 0.25) is 0 Å². The maximum absolute atomic E-state index is 11.0. The van der Waals surface area contributed by atoms with E-state index in [1.807, 2.05) is 0 Å². The fourth-order valence-electron chi connectivity index (χ4n) is 0.972. The maximum atomic E-state index is 11.0. The molecule has 1 aromatic rings. The average molecular weight is 259 g/mol. The summed E-state index contributed by atoms with van der Waals surface area (Å²) in [5.41, 5.74) is 0.562. The van der Waals surface area contributed by atoms with Gasteiger partial charge in [0.05, 0.1) is 10.8 Å². The highest BCUT2D eigenvalue weighted by atomic mass is 32.2. The molecule has 0 saturated carbocycles. The van der Waals surface area contributed by atoms with Crippen LogP contribution in [0.5, 0.6) is 0 Å². The Labute approximate surface area is 99.4 Å². The molecule has 0 unspecified atom stereocenters. The number of hydrogen-bond acceptors (Lipinski definition) is 5. The highest BCUT2D eigenvalue weighted by molar-refractivity contribution is 8.00. The van der Waals surface area contributed by atoms with Gasteiger partial charge in [0.25, 0.3) is 0 Å². The molecule has 0 aromatic carbocycles. The molecule has 6 heteroatoms. The number of Topliss-reactive ketones (excluding diaryl/α,β-unsaturated/α-hetero) is 1. The second-order valence-corrected chi connectivity index (χ2v) is 6.79. The van der Waals surface area contributed by atoms with Crippen molar-refractivity contribution in [2.45, 2.75) is 11.9 Å². The van der Waals surface area contributed by atoms with E-state index in [2.05, 4.69) is 4.98 Å². The summed E-state index contributed by atoms with van der Waals surface area (Å²) in [7, 11) is -2.92. The molecular formula is C10H13NO3S2. The summed E-state index contributed by atoms with van der Waals surface area (Å²) in [6.07, 6.45) is 2.71. The smallest absolute Gasteiger partial charge is 0.161 e. The summed E-state index contributed by atoms with van der Waals surface area (Å²) in [5.74, 6) is 0.583. The van der Waals surface area contributed by atoms with Crippen molar-refractivity contribution in [2.24, 2.45) is 0 Å². The summed E-state index contributed by atoms with van der Waals surface area (Å²) in [6, 6.07) is 3.42. The molecule has 1 heterocycles.